The van der Waals surface area contributed by atoms with Crippen molar-refractivity contribution in [1.82, 2.24) is 20.2 Å². The van der Waals surface area contributed by atoms with Crippen LogP contribution in [0.4, 0.5) is 16.3 Å². The van der Waals surface area contributed by atoms with Crippen LogP contribution in [0.5, 0.6) is 0 Å². The van der Waals surface area contributed by atoms with Crippen LogP contribution < -0.4 is 15.4 Å². The highest BCUT2D eigenvalue weighted by Gasteiger charge is 2.30. The van der Waals surface area contributed by atoms with E-state index in [-0.39, 0.29) is 24.2 Å². The van der Waals surface area contributed by atoms with Crippen molar-refractivity contribution in [2.75, 3.05) is 5.32 Å². The van der Waals surface area contributed by atoms with Gasteiger partial charge in [-0.15, -0.1) is 0 Å². The Hall–Kier alpha value is -2.59. The minimum absolute atomic E-state index is 0.0519. The number of hydrogen-bond donors (Lipinski definition) is 4. The third-order valence-electron chi connectivity index (χ3n) is 5.18. The number of benzene rings is 1. The predicted octanol–water partition coefficient (Wildman–Crippen LogP) is 2.72. The maximum absolute atomic E-state index is 11.8. The van der Waals surface area contributed by atoms with Gasteiger partial charge in [0.15, 0.2) is 5.82 Å². The molecule has 9 nitrogen and oxygen atoms in total. The number of anilines is 2. The van der Waals surface area contributed by atoms with Gasteiger partial charge in [-0.2, -0.15) is 5.10 Å². The number of aromatic nitrogens is 2. The smallest absolute Gasteiger partial charge is 0.407 e. The molecule has 1 amide bonds. The lowest BCUT2D eigenvalue weighted by atomic mass is 10.0. The maximum Gasteiger partial charge on any atom is 0.407 e. The molecule has 0 radical (unpaired) electrons. The Morgan fingerprint density at radius 3 is 2.90 bits per heavy atom. The highest BCUT2D eigenvalue weighted by molar-refractivity contribution is 7.89. The number of carbonyl (C=O) groups is 1. The van der Waals surface area contributed by atoms with Crippen LogP contribution in [0.25, 0.3) is 0 Å². The number of carbonyl (C=O) groups excluding carboxylic acids is 1. The average molecular weight is 420 g/mol. The molecular formula is C19H25N5O4S. The summed E-state index contributed by atoms with van der Waals surface area (Å²) in [6.45, 7) is 4.09. The van der Waals surface area contributed by atoms with E-state index in [1.807, 2.05) is 26.0 Å². The molecule has 1 aliphatic carbocycles. The molecule has 4 rings (SSSR count). The lowest BCUT2D eigenvalue weighted by Crippen LogP contribution is -2.33. The molecule has 156 valence electrons. The van der Waals surface area contributed by atoms with Crippen molar-refractivity contribution < 1.29 is 17.9 Å². The van der Waals surface area contributed by atoms with Crippen LogP contribution in [0.2, 0.25) is 0 Å². The fraction of sp³-hybridized carbons (Fsp3) is 0.474. The lowest BCUT2D eigenvalue weighted by Gasteiger charge is -2.14. The standard InChI is InChI=1S/C19H25N5O4S/c1-11(2)21-19(25)28-15-5-3-12(8-15)16-9-18(24-23-16)22-14-4-6-17-13(7-14)10-20-29(17,26)27/h4,6-7,9,11-12,15,20H,3,5,8,10H2,1-2H3,(H,21,25)(H2,22,23,24)/t12-,15+/m0/s1. The van der Waals surface area contributed by atoms with Crippen molar-refractivity contribution in [3.8, 4) is 0 Å². The maximum atomic E-state index is 11.8. The molecule has 1 aromatic heterocycles. The summed E-state index contributed by atoms with van der Waals surface area (Å²) >= 11 is 0. The predicted molar refractivity (Wildman–Crippen MR) is 107 cm³/mol. The van der Waals surface area contributed by atoms with Gasteiger partial charge >= 0.3 is 6.09 Å². The van der Waals surface area contributed by atoms with E-state index in [4.69, 9.17) is 4.74 Å². The summed E-state index contributed by atoms with van der Waals surface area (Å²) in [4.78, 5) is 12.1. The fourth-order valence-corrected chi connectivity index (χ4v) is 5.04. The Balaban J connectivity index is 1.37. The lowest BCUT2D eigenvalue weighted by molar-refractivity contribution is 0.0981. The number of nitrogens with one attached hydrogen (secondary N) is 4. The van der Waals surface area contributed by atoms with Gasteiger partial charge in [0.1, 0.15) is 6.10 Å². The van der Waals surface area contributed by atoms with E-state index in [2.05, 4.69) is 25.6 Å². The Bertz CT molecular complexity index is 1020. The first-order valence-electron chi connectivity index (χ1n) is 9.72. The topological polar surface area (TPSA) is 125 Å². The fourth-order valence-electron chi connectivity index (χ4n) is 3.82. The summed E-state index contributed by atoms with van der Waals surface area (Å²) in [5.41, 5.74) is 2.51. The van der Waals surface area contributed by atoms with E-state index in [1.54, 1.807) is 12.1 Å². The summed E-state index contributed by atoms with van der Waals surface area (Å²) in [6, 6.07) is 7.14. The molecule has 2 heterocycles. The number of nitrogens with zero attached hydrogens (tertiary/aromatic N) is 1. The number of aromatic amines is 1. The molecule has 0 saturated heterocycles. The molecule has 1 aliphatic heterocycles. The van der Waals surface area contributed by atoms with Gasteiger partial charge in [0, 0.05) is 36.0 Å². The molecule has 0 unspecified atom stereocenters. The Morgan fingerprint density at radius 2 is 2.10 bits per heavy atom. The normalized spacial score (nSPS) is 22.4. The highest BCUT2D eigenvalue weighted by atomic mass is 32.2. The largest absolute Gasteiger partial charge is 0.446 e. The van der Waals surface area contributed by atoms with Gasteiger partial charge in [0.05, 0.1) is 4.90 Å². The van der Waals surface area contributed by atoms with Gasteiger partial charge in [-0.3, -0.25) is 5.10 Å². The zero-order valence-electron chi connectivity index (χ0n) is 16.4. The molecule has 10 heteroatoms. The van der Waals surface area contributed by atoms with Crippen molar-refractivity contribution in [1.29, 1.82) is 0 Å². The van der Waals surface area contributed by atoms with Gasteiger partial charge in [-0.05, 0) is 56.9 Å². The second kappa shape index (κ2) is 7.68. The van der Waals surface area contributed by atoms with Crippen LogP contribution in [-0.2, 0) is 21.3 Å². The number of fused-ring (bicyclic) bond motifs is 1. The summed E-state index contributed by atoms with van der Waals surface area (Å²) in [5.74, 6) is 0.917. The SMILES string of the molecule is CC(C)NC(=O)O[C@@H]1CC[C@H](c2cc(Nc3ccc4c(c3)CNS4(=O)=O)n[nH]2)C1. The number of alkyl carbamates (subject to hydrolysis) is 1. The zero-order valence-corrected chi connectivity index (χ0v) is 17.2. The van der Waals surface area contributed by atoms with E-state index < -0.39 is 10.0 Å². The number of amides is 1. The first-order chi connectivity index (χ1) is 13.8. The Morgan fingerprint density at radius 1 is 1.28 bits per heavy atom. The molecule has 29 heavy (non-hydrogen) atoms. The van der Waals surface area contributed by atoms with E-state index in [0.29, 0.717) is 17.3 Å². The first kappa shape index (κ1) is 19.7. The number of ether oxygens (including phenoxy) is 1. The molecule has 0 bridgehead atoms. The van der Waals surface area contributed by atoms with Crippen LogP contribution in [0.3, 0.4) is 0 Å². The number of hydrogen-bond acceptors (Lipinski definition) is 6. The Labute approximate surface area is 169 Å². The Kier molecular flexibility index (Phi) is 5.22. The van der Waals surface area contributed by atoms with E-state index in [9.17, 15) is 13.2 Å². The molecule has 1 aromatic carbocycles. The molecule has 2 aliphatic rings. The molecule has 0 spiro atoms. The summed E-state index contributed by atoms with van der Waals surface area (Å²) in [7, 11) is -3.36. The molecule has 1 saturated carbocycles. The van der Waals surface area contributed by atoms with Gasteiger partial charge in [0.2, 0.25) is 10.0 Å². The van der Waals surface area contributed by atoms with Crippen LogP contribution in [0.15, 0.2) is 29.2 Å². The molecular weight excluding hydrogens is 394 g/mol. The molecule has 1 fully saturated rings. The number of sulfonamides is 1. The minimum atomic E-state index is -3.36. The third-order valence-corrected chi connectivity index (χ3v) is 6.68. The monoisotopic (exact) mass is 419 g/mol. The molecule has 2 atom stereocenters. The highest BCUT2D eigenvalue weighted by Crippen LogP contribution is 2.36. The van der Waals surface area contributed by atoms with Crippen molar-refractivity contribution in [3.05, 3.63) is 35.5 Å². The first-order valence-corrected chi connectivity index (χ1v) is 11.2. The summed E-state index contributed by atoms with van der Waals surface area (Å²) < 4.78 is 31.7. The minimum Gasteiger partial charge on any atom is -0.446 e. The van der Waals surface area contributed by atoms with Crippen LogP contribution in [-0.4, -0.2) is 36.9 Å². The third kappa shape index (κ3) is 4.38. The van der Waals surface area contributed by atoms with Crippen LogP contribution >= 0.6 is 0 Å². The number of rotatable bonds is 5. The van der Waals surface area contributed by atoms with E-state index in [1.165, 1.54) is 0 Å². The summed E-state index contributed by atoms with van der Waals surface area (Å²) in [5, 5.41) is 13.3. The van der Waals surface area contributed by atoms with Crippen molar-refractivity contribution >= 4 is 27.6 Å². The second-order valence-corrected chi connectivity index (χ2v) is 9.55. The number of H-pyrrole nitrogens is 1. The average Bonchev–Trinajstić information content (AvgIpc) is 3.34. The van der Waals surface area contributed by atoms with Gasteiger partial charge in [0.25, 0.3) is 0 Å². The van der Waals surface area contributed by atoms with Crippen molar-refractivity contribution in [2.45, 2.75) is 62.6 Å². The van der Waals surface area contributed by atoms with Crippen LogP contribution in [0, 0.1) is 0 Å². The van der Waals surface area contributed by atoms with Crippen molar-refractivity contribution in [2.24, 2.45) is 0 Å². The van der Waals surface area contributed by atoms with E-state index >= 15 is 0 Å². The van der Waals surface area contributed by atoms with Crippen LogP contribution in [0.1, 0.15) is 50.3 Å². The molecule has 4 N–H and O–H groups in total. The second-order valence-electron chi connectivity index (χ2n) is 7.82. The van der Waals surface area contributed by atoms with Gasteiger partial charge in [-0.1, -0.05) is 0 Å². The van der Waals surface area contributed by atoms with Gasteiger partial charge < -0.3 is 15.4 Å². The zero-order chi connectivity index (χ0) is 20.6. The van der Waals surface area contributed by atoms with Crippen molar-refractivity contribution in [3.63, 3.8) is 0 Å². The quantitative estimate of drug-likeness (QED) is 0.590. The summed E-state index contributed by atoms with van der Waals surface area (Å²) in [6.07, 6.45) is 2.04. The molecule has 2 aromatic rings. The van der Waals surface area contributed by atoms with Gasteiger partial charge in [-0.25, -0.2) is 17.9 Å². The van der Waals surface area contributed by atoms with E-state index in [0.717, 1.165) is 36.2 Å².